The lowest BCUT2D eigenvalue weighted by atomic mass is 10.0. The normalized spacial score (nSPS) is 17.0. The van der Waals surface area contributed by atoms with Crippen LogP contribution >= 0.6 is 0 Å². The summed E-state index contributed by atoms with van der Waals surface area (Å²) in [6, 6.07) is 6.15. The van der Waals surface area contributed by atoms with Gasteiger partial charge in [0.1, 0.15) is 6.04 Å². The van der Waals surface area contributed by atoms with Crippen molar-refractivity contribution in [2.45, 2.75) is 45.1 Å². The van der Waals surface area contributed by atoms with Gasteiger partial charge in [-0.3, -0.25) is 0 Å². The SMILES string of the molecule is COC(=O)c1cccc(NC(=O)N2CCCC[C@@H]2c2nc(C(C)C)no2)c1. The van der Waals surface area contributed by atoms with Gasteiger partial charge in [0.05, 0.1) is 12.7 Å². The Morgan fingerprint density at radius 2 is 2.15 bits per heavy atom. The van der Waals surface area contributed by atoms with E-state index in [-0.39, 0.29) is 18.0 Å². The zero-order valence-electron chi connectivity index (χ0n) is 15.8. The summed E-state index contributed by atoms with van der Waals surface area (Å²) >= 11 is 0. The number of methoxy groups -OCH3 is 1. The third-order valence-corrected chi connectivity index (χ3v) is 4.56. The second kappa shape index (κ2) is 8.20. The molecule has 3 rings (SSSR count). The number of anilines is 1. The summed E-state index contributed by atoms with van der Waals surface area (Å²) in [7, 11) is 1.32. The molecule has 1 aromatic heterocycles. The molecule has 1 N–H and O–H groups in total. The number of rotatable bonds is 4. The molecule has 27 heavy (non-hydrogen) atoms. The van der Waals surface area contributed by atoms with E-state index in [4.69, 9.17) is 9.26 Å². The standard InChI is InChI=1S/C19H24N4O4/c1-12(2)16-21-17(27-22-16)15-9-4-5-10-23(15)19(25)20-14-8-6-7-13(11-14)18(24)26-3/h6-8,11-12,15H,4-5,9-10H2,1-3H3,(H,20,25)/t15-/m1/s1. The number of esters is 1. The number of benzene rings is 1. The number of hydrogen-bond acceptors (Lipinski definition) is 6. The summed E-state index contributed by atoms with van der Waals surface area (Å²) in [5.74, 6) is 0.821. The summed E-state index contributed by atoms with van der Waals surface area (Å²) in [6.07, 6.45) is 2.68. The average Bonchev–Trinajstić information content (AvgIpc) is 3.18. The first kappa shape index (κ1) is 18.9. The Morgan fingerprint density at radius 1 is 1.33 bits per heavy atom. The molecule has 1 saturated heterocycles. The Hall–Kier alpha value is -2.90. The van der Waals surface area contributed by atoms with Gasteiger partial charge in [-0.15, -0.1) is 0 Å². The van der Waals surface area contributed by atoms with Crippen molar-refractivity contribution in [1.82, 2.24) is 15.0 Å². The second-order valence-corrected chi connectivity index (χ2v) is 6.85. The number of piperidine rings is 1. The summed E-state index contributed by atoms with van der Waals surface area (Å²) in [4.78, 5) is 30.7. The molecule has 1 aliphatic rings. The molecular weight excluding hydrogens is 348 g/mol. The molecule has 0 unspecified atom stereocenters. The van der Waals surface area contributed by atoms with Crippen LogP contribution in [0.5, 0.6) is 0 Å². The van der Waals surface area contributed by atoms with Crippen LogP contribution in [-0.2, 0) is 4.74 Å². The number of carbonyl (C=O) groups is 2. The van der Waals surface area contributed by atoms with Crippen molar-refractivity contribution in [3.8, 4) is 0 Å². The van der Waals surface area contributed by atoms with E-state index in [1.54, 1.807) is 29.2 Å². The molecule has 1 fully saturated rings. The molecule has 1 aromatic carbocycles. The van der Waals surface area contributed by atoms with Crippen LogP contribution in [0, 0.1) is 0 Å². The van der Waals surface area contributed by atoms with Crippen molar-refractivity contribution < 1.29 is 18.8 Å². The van der Waals surface area contributed by atoms with Crippen LogP contribution in [0.1, 0.15) is 67.1 Å². The quantitative estimate of drug-likeness (QED) is 0.821. The first-order valence-corrected chi connectivity index (χ1v) is 9.09. The fourth-order valence-corrected chi connectivity index (χ4v) is 3.09. The molecule has 2 aromatic rings. The van der Waals surface area contributed by atoms with E-state index in [9.17, 15) is 9.59 Å². The fourth-order valence-electron chi connectivity index (χ4n) is 3.09. The van der Waals surface area contributed by atoms with Crippen LogP contribution in [0.15, 0.2) is 28.8 Å². The monoisotopic (exact) mass is 372 g/mol. The third-order valence-electron chi connectivity index (χ3n) is 4.56. The average molecular weight is 372 g/mol. The van der Waals surface area contributed by atoms with Gasteiger partial charge in [-0.2, -0.15) is 4.98 Å². The molecule has 2 heterocycles. The minimum Gasteiger partial charge on any atom is -0.465 e. The van der Waals surface area contributed by atoms with Crippen molar-refractivity contribution in [1.29, 1.82) is 0 Å². The molecule has 0 bridgehead atoms. The maximum absolute atomic E-state index is 12.9. The van der Waals surface area contributed by atoms with Gasteiger partial charge in [-0.05, 0) is 37.5 Å². The number of aromatic nitrogens is 2. The van der Waals surface area contributed by atoms with Gasteiger partial charge in [0.25, 0.3) is 0 Å². The smallest absolute Gasteiger partial charge is 0.337 e. The Kier molecular flexibility index (Phi) is 5.73. The van der Waals surface area contributed by atoms with Crippen molar-refractivity contribution in [2.24, 2.45) is 0 Å². The first-order valence-electron chi connectivity index (χ1n) is 9.09. The van der Waals surface area contributed by atoms with E-state index >= 15 is 0 Å². The Morgan fingerprint density at radius 3 is 2.85 bits per heavy atom. The first-order chi connectivity index (χ1) is 13.0. The van der Waals surface area contributed by atoms with E-state index < -0.39 is 5.97 Å². The number of hydrogen-bond donors (Lipinski definition) is 1. The van der Waals surface area contributed by atoms with Gasteiger partial charge >= 0.3 is 12.0 Å². The Bertz CT molecular complexity index is 818. The van der Waals surface area contributed by atoms with Gasteiger partial charge in [-0.25, -0.2) is 9.59 Å². The van der Waals surface area contributed by atoms with Gasteiger partial charge in [-0.1, -0.05) is 25.1 Å². The number of carbonyl (C=O) groups excluding carboxylic acids is 2. The summed E-state index contributed by atoms with van der Waals surface area (Å²) in [6.45, 7) is 4.59. The van der Waals surface area contributed by atoms with Gasteiger partial charge in [0.2, 0.25) is 5.89 Å². The summed E-state index contributed by atoms with van der Waals surface area (Å²) < 4.78 is 10.1. The molecule has 0 saturated carbocycles. The van der Waals surface area contributed by atoms with Crippen molar-refractivity contribution in [3.63, 3.8) is 0 Å². The number of urea groups is 1. The van der Waals surface area contributed by atoms with Crippen molar-refractivity contribution >= 4 is 17.7 Å². The number of amides is 2. The molecule has 144 valence electrons. The van der Waals surface area contributed by atoms with Crippen LogP contribution in [0.2, 0.25) is 0 Å². The molecule has 8 nitrogen and oxygen atoms in total. The zero-order chi connectivity index (χ0) is 19.4. The minimum atomic E-state index is -0.450. The van der Waals surface area contributed by atoms with Gasteiger partial charge in [0, 0.05) is 18.2 Å². The predicted octanol–water partition coefficient (Wildman–Crippen LogP) is 3.74. The van der Waals surface area contributed by atoms with E-state index in [2.05, 4.69) is 15.5 Å². The molecular formula is C19H24N4O4. The Balaban J connectivity index is 1.76. The highest BCUT2D eigenvalue weighted by Gasteiger charge is 2.32. The second-order valence-electron chi connectivity index (χ2n) is 6.85. The topological polar surface area (TPSA) is 97.6 Å². The highest BCUT2D eigenvalue weighted by molar-refractivity contribution is 5.94. The van der Waals surface area contributed by atoms with Crippen LogP contribution in [0.4, 0.5) is 10.5 Å². The molecule has 1 aliphatic heterocycles. The maximum atomic E-state index is 12.9. The van der Waals surface area contributed by atoms with Crippen molar-refractivity contribution in [2.75, 3.05) is 19.0 Å². The van der Waals surface area contributed by atoms with Gasteiger partial charge < -0.3 is 19.5 Å². The van der Waals surface area contributed by atoms with Crippen LogP contribution in [0.25, 0.3) is 0 Å². The van der Waals surface area contributed by atoms with E-state index in [0.29, 0.717) is 29.5 Å². The number of ether oxygens (including phenoxy) is 1. The molecule has 8 heteroatoms. The molecule has 0 aliphatic carbocycles. The van der Waals surface area contributed by atoms with E-state index in [1.807, 2.05) is 13.8 Å². The lowest BCUT2D eigenvalue weighted by Crippen LogP contribution is -2.41. The number of nitrogens with zero attached hydrogens (tertiary/aromatic N) is 3. The van der Waals surface area contributed by atoms with Gasteiger partial charge in [0.15, 0.2) is 5.82 Å². The summed E-state index contributed by atoms with van der Waals surface area (Å²) in [5, 5.41) is 6.86. The van der Waals surface area contributed by atoms with Crippen LogP contribution in [0.3, 0.4) is 0 Å². The van der Waals surface area contributed by atoms with E-state index in [0.717, 1.165) is 19.3 Å². The number of nitrogens with one attached hydrogen (secondary N) is 1. The fraction of sp³-hybridized carbons (Fsp3) is 0.474. The predicted molar refractivity (Wildman–Crippen MR) is 98.5 cm³/mol. The highest BCUT2D eigenvalue weighted by Crippen LogP contribution is 2.31. The zero-order valence-corrected chi connectivity index (χ0v) is 15.8. The largest absolute Gasteiger partial charge is 0.465 e. The Labute approximate surface area is 157 Å². The number of likely N-dealkylation sites (tertiary alicyclic amines) is 1. The maximum Gasteiger partial charge on any atom is 0.337 e. The summed E-state index contributed by atoms with van der Waals surface area (Å²) in [5.41, 5.74) is 0.907. The lowest BCUT2D eigenvalue weighted by Gasteiger charge is -2.33. The molecule has 0 radical (unpaired) electrons. The molecule has 2 amide bonds. The van der Waals surface area contributed by atoms with Crippen molar-refractivity contribution in [3.05, 3.63) is 41.5 Å². The third kappa shape index (κ3) is 4.27. The highest BCUT2D eigenvalue weighted by atomic mass is 16.5. The lowest BCUT2D eigenvalue weighted by molar-refractivity contribution is 0.0600. The van der Waals surface area contributed by atoms with E-state index in [1.165, 1.54) is 7.11 Å². The molecule has 0 spiro atoms. The minimum absolute atomic E-state index is 0.162. The van der Waals surface area contributed by atoms with Crippen LogP contribution in [-0.4, -0.2) is 40.7 Å². The van der Waals surface area contributed by atoms with Crippen LogP contribution < -0.4 is 5.32 Å². The molecule has 1 atom stereocenters.